The van der Waals surface area contributed by atoms with Gasteiger partial charge in [-0.15, -0.1) is 0 Å². The quantitative estimate of drug-likeness (QED) is 0.275. The third kappa shape index (κ3) is 7.00. The van der Waals surface area contributed by atoms with Crippen LogP contribution in [0, 0.1) is 13.8 Å². The minimum atomic E-state index is -7.75. The molecule has 35 heavy (non-hydrogen) atoms. The molecule has 1 unspecified atom stereocenters. The van der Waals surface area contributed by atoms with Crippen molar-refractivity contribution in [3.63, 3.8) is 0 Å². The molecule has 0 saturated heterocycles. The Kier molecular flexibility index (Phi) is 9.93. The number of phenols is 1. The molecule has 0 heterocycles. The highest BCUT2D eigenvalue weighted by Crippen LogP contribution is 2.55. The molecule has 0 aromatic heterocycles. The van der Waals surface area contributed by atoms with E-state index < -0.39 is 45.9 Å². The van der Waals surface area contributed by atoms with Crippen molar-refractivity contribution in [1.82, 2.24) is 0 Å². The van der Waals surface area contributed by atoms with E-state index in [0.29, 0.717) is 5.75 Å². The average Bonchev–Trinajstić information content (AvgIpc) is 2.63. The Hall–Kier alpha value is -1.60. The summed E-state index contributed by atoms with van der Waals surface area (Å²) in [6.45, 7) is 3.89. The van der Waals surface area contributed by atoms with Crippen LogP contribution in [0.3, 0.4) is 0 Å². The molecule has 0 aliphatic rings. The molecule has 1 aromatic carbocycles. The van der Waals surface area contributed by atoms with Crippen LogP contribution in [0.4, 0.5) is 52.7 Å². The summed E-state index contributed by atoms with van der Waals surface area (Å²) in [4.78, 5) is 1.32. The molecule has 0 radical (unpaired) electrons. The largest absolute Gasteiger partial charge is 0.743 e. The predicted molar refractivity (Wildman–Crippen MR) is 96.6 cm³/mol. The highest BCUT2D eigenvalue weighted by molar-refractivity contribution is 7.95. The van der Waals surface area contributed by atoms with Crippen LogP contribution in [0.2, 0.25) is 0 Å². The molecule has 19 heteroatoms. The molecule has 0 aliphatic heterocycles. The van der Waals surface area contributed by atoms with Crippen LogP contribution in [0.5, 0.6) is 5.75 Å². The number of rotatable bonds is 7. The fraction of sp³-hybridized carbons (Fsp3) is 0.625. The summed E-state index contributed by atoms with van der Waals surface area (Å²) >= 11 is 0. The summed E-state index contributed by atoms with van der Waals surface area (Å²) in [5.74, 6) is -15.0. The van der Waals surface area contributed by atoms with Gasteiger partial charge in [0.25, 0.3) is 6.36 Å². The van der Waals surface area contributed by atoms with Gasteiger partial charge in [-0.3, -0.25) is 4.74 Å². The third-order valence-electron chi connectivity index (χ3n) is 3.88. The van der Waals surface area contributed by atoms with Crippen LogP contribution in [0.25, 0.3) is 0 Å². The van der Waals surface area contributed by atoms with Crippen LogP contribution < -0.4 is 0 Å². The van der Waals surface area contributed by atoms with E-state index in [1.54, 1.807) is 4.74 Å². The highest BCUT2D eigenvalue weighted by Gasteiger charge is 2.84. The van der Waals surface area contributed by atoms with Crippen LogP contribution >= 0.6 is 0 Å². The predicted octanol–water partition coefficient (Wildman–Crippen LogP) is 5.11. The molecule has 0 saturated carbocycles. The Bertz CT molecular complexity index is 970. The fourth-order valence-electron chi connectivity index (χ4n) is 1.95. The van der Waals surface area contributed by atoms with Crippen LogP contribution in [-0.4, -0.2) is 66.3 Å². The Morgan fingerprint density at radius 3 is 1.54 bits per heavy atom. The summed E-state index contributed by atoms with van der Waals surface area (Å²) in [7, 11) is -7.40. The second kappa shape index (κ2) is 10.4. The molecule has 0 amide bonds. The Balaban J connectivity index is 0.000000801. The molecular formula is C16H16F12O5S2. The summed E-state index contributed by atoms with van der Waals surface area (Å²) in [6.07, 6.45) is -14.7. The third-order valence-corrected chi connectivity index (χ3v) is 5.95. The number of halogens is 12. The van der Waals surface area contributed by atoms with Crippen molar-refractivity contribution in [3.05, 3.63) is 23.3 Å². The van der Waals surface area contributed by atoms with Crippen molar-refractivity contribution in [2.75, 3.05) is 12.5 Å². The van der Waals surface area contributed by atoms with Crippen LogP contribution in [0.1, 0.15) is 11.1 Å². The van der Waals surface area contributed by atoms with Gasteiger partial charge in [0.15, 0.2) is 15.0 Å². The van der Waals surface area contributed by atoms with Gasteiger partial charge in [0.1, 0.15) is 18.3 Å². The molecular weight excluding hydrogens is 564 g/mol. The molecule has 1 N–H and O–H groups in total. The summed E-state index contributed by atoms with van der Waals surface area (Å²) in [5.41, 5.74) is 1.96. The smallest absolute Gasteiger partial charge is 0.445 e. The number of alkyl halides is 12. The van der Waals surface area contributed by atoms with Crippen molar-refractivity contribution in [2.24, 2.45) is 0 Å². The van der Waals surface area contributed by atoms with Gasteiger partial charge in [0.05, 0.1) is 0 Å². The van der Waals surface area contributed by atoms with E-state index in [2.05, 4.69) is 24.6 Å². The lowest BCUT2D eigenvalue weighted by Crippen LogP contribution is -2.65. The van der Waals surface area contributed by atoms with Gasteiger partial charge in [0, 0.05) is 10.9 Å². The first kappa shape index (κ1) is 33.4. The highest BCUT2D eigenvalue weighted by atomic mass is 32.2. The minimum absolute atomic E-state index is 0.281. The van der Waals surface area contributed by atoms with Gasteiger partial charge >= 0.3 is 29.4 Å². The normalized spacial score (nSPS) is 15.0. The maximum atomic E-state index is 12.7. The first-order valence-electron chi connectivity index (χ1n) is 8.38. The standard InChI is InChI=1S/C10H14OS.C6H2F12O4S/c1-7-5-9(12(3)4)6-8(2)10(7)11;7-1(2(8,9)10)22-5(15,16)3(11,12)4(13,14)6(17,18)23(19,20)21/h5-6H,1-4H3;1H,(H,19,20,21). The van der Waals surface area contributed by atoms with E-state index >= 15 is 0 Å². The Labute approximate surface area is 193 Å². The Morgan fingerprint density at radius 1 is 0.886 bits per heavy atom. The second-order valence-corrected chi connectivity index (χ2v) is 10.4. The van der Waals surface area contributed by atoms with Gasteiger partial charge in [-0.2, -0.15) is 48.3 Å². The lowest BCUT2D eigenvalue weighted by Gasteiger charge is -2.37. The molecule has 206 valence electrons. The zero-order valence-electron chi connectivity index (χ0n) is 17.7. The summed E-state index contributed by atoms with van der Waals surface area (Å²) < 4.78 is 179. The molecule has 0 spiro atoms. The van der Waals surface area contributed by atoms with E-state index in [1.807, 2.05) is 13.8 Å². The van der Waals surface area contributed by atoms with Crippen molar-refractivity contribution in [1.29, 1.82) is 0 Å². The van der Waals surface area contributed by atoms with Gasteiger partial charge in [0.2, 0.25) is 0 Å². The number of aromatic hydroxyl groups is 1. The van der Waals surface area contributed by atoms with E-state index in [-0.39, 0.29) is 10.9 Å². The SMILES string of the molecule is Cc1cc([S+](C)C)cc(C)c1O.O=S(=O)([O-])C(F)(F)C(F)(F)C(F)(F)C(F)(F)OC(F)C(F)(F)F. The number of hydrogen-bond donors (Lipinski definition) is 1. The Morgan fingerprint density at radius 2 is 1.26 bits per heavy atom. The molecule has 1 atom stereocenters. The van der Waals surface area contributed by atoms with Crippen molar-refractivity contribution in [3.8, 4) is 5.75 Å². The van der Waals surface area contributed by atoms with Crippen LogP contribution in [-0.2, 0) is 25.7 Å². The van der Waals surface area contributed by atoms with E-state index in [0.717, 1.165) is 11.1 Å². The molecule has 0 fully saturated rings. The second-order valence-electron chi connectivity index (χ2n) is 6.83. The topological polar surface area (TPSA) is 86.7 Å². The number of aryl methyl sites for hydroxylation is 2. The molecule has 1 aromatic rings. The van der Waals surface area contributed by atoms with Crippen molar-refractivity contribution >= 4 is 21.0 Å². The lowest BCUT2D eigenvalue weighted by atomic mass is 10.1. The number of hydrogen-bond acceptors (Lipinski definition) is 5. The zero-order chi connectivity index (χ0) is 28.6. The van der Waals surface area contributed by atoms with Gasteiger partial charge in [-0.1, -0.05) is 0 Å². The fourth-order valence-corrected chi connectivity index (χ4v) is 3.21. The number of benzene rings is 1. The zero-order valence-corrected chi connectivity index (χ0v) is 19.3. The van der Waals surface area contributed by atoms with E-state index in [1.165, 1.54) is 4.90 Å². The van der Waals surface area contributed by atoms with E-state index in [4.69, 9.17) is 0 Å². The molecule has 5 nitrogen and oxygen atoms in total. The molecule has 0 aliphatic carbocycles. The minimum Gasteiger partial charge on any atom is -0.743 e. The van der Waals surface area contributed by atoms with Crippen molar-refractivity contribution < 1.29 is 75.5 Å². The van der Waals surface area contributed by atoms with Crippen molar-refractivity contribution in [2.45, 2.75) is 54.5 Å². The van der Waals surface area contributed by atoms with E-state index in [9.17, 15) is 70.8 Å². The average molecular weight is 580 g/mol. The first-order chi connectivity index (χ1) is 15.1. The summed E-state index contributed by atoms with van der Waals surface area (Å²) in [6, 6.07) is 4.12. The maximum absolute atomic E-state index is 12.7. The number of ether oxygens (including phenoxy) is 1. The molecule has 0 bridgehead atoms. The van der Waals surface area contributed by atoms with Gasteiger partial charge in [-0.05, 0) is 37.1 Å². The maximum Gasteiger partial charge on any atom is 0.445 e. The van der Waals surface area contributed by atoms with Crippen LogP contribution in [0.15, 0.2) is 17.0 Å². The van der Waals surface area contributed by atoms with Gasteiger partial charge in [-0.25, -0.2) is 12.8 Å². The first-order valence-corrected chi connectivity index (χ1v) is 11.8. The molecule has 1 rings (SSSR count). The number of phenolic OH excluding ortho intramolecular Hbond substituents is 1. The summed E-state index contributed by atoms with van der Waals surface area (Å²) in [5, 5.41) is 2.13. The van der Waals surface area contributed by atoms with Gasteiger partial charge < -0.3 is 9.66 Å². The monoisotopic (exact) mass is 580 g/mol. The lowest BCUT2D eigenvalue weighted by molar-refractivity contribution is -0.452.